The van der Waals surface area contributed by atoms with Crippen LogP contribution < -0.4 is 10.6 Å². The van der Waals surface area contributed by atoms with Crippen LogP contribution in [0.1, 0.15) is 43.9 Å². The molecule has 1 rings (SSSR count). The van der Waals surface area contributed by atoms with E-state index in [1.807, 2.05) is 12.3 Å². The van der Waals surface area contributed by atoms with E-state index in [2.05, 4.69) is 40.5 Å². The number of pyridine rings is 1. The van der Waals surface area contributed by atoms with Crippen molar-refractivity contribution in [2.45, 2.75) is 46.1 Å². The van der Waals surface area contributed by atoms with Crippen molar-refractivity contribution in [2.24, 2.45) is 4.99 Å². The summed E-state index contributed by atoms with van der Waals surface area (Å²) < 4.78 is 0. The second kappa shape index (κ2) is 9.36. The van der Waals surface area contributed by atoms with E-state index in [0.29, 0.717) is 6.54 Å². The highest BCUT2D eigenvalue weighted by atomic mass is 15.2. The van der Waals surface area contributed by atoms with Crippen LogP contribution in [0.25, 0.3) is 0 Å². The molecule has 0 unspecified atom stereocenters. The molecule has 19 heavy (non-hydrogen) atoms. The Bertz CT molecular complexity index is 387. The van der Waals surface area contributed by atoms with Crippen LogP contribution in [-0.4, -0.2) is 24.5 Å². The van der Waals surface area contributed by atoms with Crippen molar-refractivity contribution in [1.82, 2.24) is 15.6 Å². The summed E-state index contributed by atoms with van der Waals surface area (Å²) in [6.45, 7) is 5.98. The number of aryl methyl sites for hydroxylation is 1. The maximum atomic E-state index is 4.36. The van der Waals surface area contributed by atoms with Gasteiger partial charge in [-0.05, 0) is 25.0 Å². The van der Waals surface area contributed by atoms with Crippen molar-refractivity contribution in [1.29, 1.82) is 0 Å². The van der Waals surface area contributed by atoms with Gasteiger partial charge in [0.1, 0.15) is 0 Å². The van der Waals surface area contributed by atoms with Gasteiger partial charge in [-0.15, -0.1) is 0 Å². The van der Waals surface area contributed by atoms with Gasteiger partial charge in [0.25, 0.3) is 0 Å². The summed E-state index contributed by atoms with van der Waals surface area (Å²) in [4.78, 5) is 8.58. The summed E-state index contributed by atoms with van der Waals surface area (Å²) in [5.74, 6) is 0.849. The van der Waals surface area contributed by atoms with Gasteiger partial charge in [-0.25, -0.2) is 0 Å². The number of hydrogen-bond donors (Lipinski definition) is 2. The van der Waals surface area contributed by atoms with Crippen molar-refractivity contribution >= 4 is 5.96 Å². The summed E-state index contributed by atoms with van der Waals surface area (Å²) in [5.41, 5.74) is 2.27. The molecule has 0 saturated carbocycles. The molecule has 0 spiro atoms. The van der Waals surface area contributed by atoms with Gasteiger partial charge < -0.3 is 10.6 Å². The summed E-state index contributed by atoms with van der Waals surface area (Å²) in [6, 6.07) is 4.03. The molecule has 1 heterocycles. The number of rotatable bonds is 7. The Morgan fingerprint density at radius 3 is 2.79 bits per heavy atom. The van der Waals surface area contributed by atoms with E-state index in [1.54, 1.807) is 7.05 Å². The molecule has 0 amide bonds. The lowest BCUT2D eigenvalue weighted by atomic mass is 10.2. The van der Waals surface area contributed by atoms with E-state index in [1.165, 1.54) is 31.2 Å². The standard InChI is InChI=1S/C15H26N4/c1-4-5-6-7-10-18-15(16-3)19-12-14-13(2)9-8-11-17-14/h8-9,11H,4-7,10,12H2,1-3H3,(H2,16,18,19). The molecule has 0 fully saturated rings. The molecule has 0 atom stereocenters. The molecule has 0 aromatic carbocycles. The maximum Gasteiger partial charge on any atom is 0.191 e. The molecule has 106 valence electrons. The summed E-state index contributed by atoms with van der Waals surface area (Å²) in [7, 11) is 1.80. The Hall–Kier alpha value is -1.58. The Morgan fingerprint density at radius 2 is 2.11 bits per heavy atom. The normalized spacial score (nSPS) is 11.4. The van der Waals surface area contributed by atoms with E-state index in [-0.39, 0.29) is 0 Å². The van der Waals surface area contributed by atoms with Gasteiger partial charge in [-0.3, -0.25) is 9.98 Å². The fourth-order valence-corrected chi connectivity index (χ4v) is 1.85. The number of nitrogens with one attached hydrogen (secondary N) is 2. The second-order valence-electron chi connectivity index (χ2n) is 4.68. The van der Waals surface area contributed by atoms with Gasteiger partial charge in [-0.2, -0.15) is 0 Å². The van der Waals surface area contributed by atoms with E-state index in [4.69, 9.17) is 0 Å². The van der Waals surface area contributed by atoms with Crippen molar-refractivity contribution in [3.05, 3.63) is 29.6 Å². The maximum absolute atomic E-state index is 4.36. The highest BCUT2D eigenvalue weighted by Gasteiger charge is 2.01. The molecule has 0 aliphatic rings. The lowest BCUT2D eigenvalue weighted by Gasteiger charge is -2.12. The Labute approximate surface area is 116 Å². The minimum absolute atomic E-state index is 0.710. The SMILES string of the molecule is CCCCCCNC(=NC)NCc1ncccc1C. The molecule has 0 saturated heterocycles. The first-order valence-corrected chi connectivity index (χ1v) is 7.13. The molecular weight excluding hydrogens is 236 g/mol. The van der Waals surface area contributed by atoms with E-state index in [9.17, 15) is 0 Å². The van der Waals surface area contributed by atoms with Gasteiger partial charge in [0.05, 0.1) is 12.2 Å². The zero-order valence-corrected chi connectivity index (χ0v) is 12.4. The number of guanidine groups is 1. The number of hydrogen-bond acceptors (Lipinski definition) is 2. The van der Waals surface area contributed by atoms with Gasteiger partial charge in [0.2, 0.25) is 0 Å². The molecule has 4 nitrogen and oxygen atoms in total. The topological polar surface area (TPSA) is 49.3 Å². The van der Waals surface area contributed by atoms with Crippen LogP contribution in [0, 0.1) is 6.92 Å². The van der Waals surface area contributed by atoms with Crippen LogP contribution in [-0.2, 0) is 6.54 Å². The Morgan fingerprint density at radius 1 is 1.26 bits per heavy atom. The van der Waals surface area contributed by atoms with E-state index >= 15 is 0 Å². The zero-order chi connectivity index (χ0) is 13.9. The fourth-order valence-electron chi connectivity index (χ4n) is 1.85. The van der Waals surface area contributed by atoms with Gasteiger partial charge in [0, 0.05) is 19.8 Å². The van der Waals surface area contributed by atoms with E-state index in [0.717, 1.165) is 18.2 Å². The molecular formula is C15H26N4. The van der Waals surface area contributed by atoms with Crippen molar-refractivity contribution in [2.75, 3.05) is 13.6 Å². The molecule has 0 bridgehead atoms. The minimum atomic E-state index is 0.710. The van der Waals surface area contributed by atoms with Crippen LogP contribution in [0.3, 0.4) is 0 Å². The van der Waals surface area contributed by atoms with Crippen LogP contribution in [0.5, 0.6) is 0 Å². The van der Waals surface area contributed by atoms with Crippen LogP contribution in [0.15, 0.2) is 23.3 Å². The second-order valence-corrected chi connectivity index (χ2v) is 4.68. The smallest absolute Gasteiger partial charge is 0.191 e. The number of unbranched alkanes of at least 4 members (excludes halogenated alkanes) is 3. The molecule has 2 N–H and O–H groups in total. The molecule has 1 aromatic rings. The van der Waals surface area contributed by atoms with Gasteiger partial charge >= 0.3 is 0 Å². The predicted octanol–water partition coefficient (Wildman–Crippen LogP) is 2.64. The monoisotopic (exact) mass is 262 g/mol. The quantitative estimate of drug-likeness (QED) is 0.451. The first-order chi connectivity index (χ1) is 9.27. The highest BCUT2D eigenvalue weighted by molar-refractivity contribution is 5.79. The first-order valence-electron chi connectivity index (χ1n) is 7.13. The van der Waals surface area contributed by atoms with E-state index < -0.39 is 0 Å². The van der Waals surface area contributed by atoms with Crippen LogP contribution >= 0.6 is 0 Å². The van der Waals surface area contributed by atoms with Crippen molar-refractivity contribution < 1.29 is 0 Å². The molecule has 4 heteroatoms. The predicted molar refractivity (Wildman–Crippen MR) is 81.3 cm³/mol. The fraction of sp³-hybridized carbons (Fsp3) is 0.600. The zero-order valence-electron chi connectivity index (χ0n) is 12.4. The number of aliphatic imine (C=N–C) groups is 1. The van der Waals surface area contributed by atoms with Gasteiger partial charge in [0.15, 0.2) is 5.96 Å². The Kier molecular flexibility index (Phi) is 7.63. The lowest BCUT2D eigenvalue weighted by molar-refractivity contribution is 0.646. The molecule has 0 radical (unpaired) electrons. The Balaban J connectivity index is 2.28. The molecule has 0 aliphatic carbocycles. The minimum Gasteiger partial charge on any atom is -0.356 e. The largest absolute Gasteiger partial charge is 0.356 e. The first kappa shape index (κ1) is 15.5. The average Bonchev–Trinajstić information content (AvgIpc) is 2.43. The average molecular weight is 262 g/mol. The highest BCUT2D eigenvalue weighted by Crippen LogP contribution is 2.02. The lowest BCUT2D eigenvalue weighted by Crippen LogP contribution is -2.37. The van der Waals surface area contributed by atoms with Crippen molar-refractivity contribution in [3.8, 4) is 0 Å². The summed E-state index contributed by atoms with van der Waals surface area (Å²) in [5, 5.41) is 6.62. The number of aromatic nitrogens is 1. The molecule has 0 aliphatic heterocycles. The third-order valence-electron chi connectivity index (χ3n) is 3.09. The van der Waals surface area contributed by atoms with Crippen LogP contribution in [0.4, 0.5) is 0 Å². The molecule has 1 aromatic heterocycles. The van der Waals surface area contributed by atoms with Crippen molar-refractivity contribution in [3.63, 3.8) is 0 Å². The van der Waals surface area contributed by atoms with Gasteiger partial charge in [-0.1, -0.05) is 32.3 Å². The third-order valence-corrected chi connectivity index (χ3v) is 3.09. The third kappa shape index (κ3) is 6.22. The number of nitrogens with zero attached hydrogens (tertiary/aromatic N) is 2. The summed E-state index contributed by atoms with van der Waals surface area (Å²) in [6.07, 6.45) is 6.87. The van der Waals surface area contributed by atoms with Crippen LogP contribution in [0.2, 0.25) is 0 Å². The summed E-state index contributed by atoms with van der Waals surface area (Å²) >= 11 is 0.